The van der Waals surface area contributed by atoms with Gasteiger partial charge in [0.2, 0.25) is 17.6 Å². The van der Waals surface area contributed by atoms with Gasteiger partial charge in [-0.3, -0.25) is 9.20 Å². The Labute approximate surface area is 134 Å². The number of carbonyl (C=O) groups excluding carboxylic acids is 1. The standard InChI is InChI=1S/C15H19N7O/c1-11-4-7-21(13(23)3-5-16)9-12(11)20(2)15-19-10-18-14-17-6-8-22(14)15/h6,8,10-12H,3-4,7,9H2,1-2H3/t11-,12+/m1/s1. The van der Waals surface area contributed by atoms with Gasteiger partial charge in [0.1, 0.15) is 12.7 Å². The van der Waals surface area contributed by atoms with E-state index in [9.17, 15) is 4.79 Å². The van der Waals surface area contributed by atoms with Gasteiger partial charge in [-0.1, -0.05) is 6.92 Å². The molecule has 3 heterocycles. The first-order chi connectivity index (χ1) is 11.1. The van der Waals surface area contributed by atoms with Gasteiger partial charge in [0, 0.05) is 32.5 Å². The van der Waals surface area contributed by atoms with Crippen LogP contribution in [0.4, 0.5) is 5.95 Å². The highest BCUT2D eigenvalue weighted by Crippen LogP contribution is 2.25. The van der Waals surface area contributed by atoms with Crippen LogP contribution in [0, 0.1) is 17.2 Å². The fourth-order valence-electron chi connectivity index (χ4n) is 3.11. The number of nitriles is 1. The molecule has 1 aliphatic rings. The Morgan fingerprint density at radius 2 is 2.30 bits per heavy atom. The fraction of sp³-hybridized carbons (Fsp3) is 0.533. The highest BCUT2D eigenvalue weighted by molar-refractivity contribution is 5.78. The lowest BCUT2D eigenvalue weighted by Gasteiger charge is -2.41. The SMILES string of the molecule is C[C@@H]1CCN(C(=O)CC#N)C[C@@H]1N(C)c1ncnc2nccn12. The molecule has 8 nitrogen and oxygen atoms in total. The number of nitrogens with zero attached hydrogens (tertiary/aromatic N) is 7. The average molecular weight is 313 g/mol. The normalized spacial score (nSPS) is 21.2. The maximum atomic E-state index is 12.0. The molecule has 0 unspecified atom stereocenters. The van der Waals surface area contributed by atoms with Crippen LogP contribution in [0.15, 0.2) is 18.7 Å². The monoisotopic (exact) mass is 313 g/mol. The number of rotatable bonds is 3. The number of piperidine rings is 1. The number of imidazole rings is 1. The third kappa shape index (κ3) is 2.82. The van der Waals surface area contributed by atoms with Crippen LogP contribution >= 0.6 is 0 Å². The second kappa shape index (κ2) is 6.20. The highest BCUT2D eigenvalue weighted by Gasteiger charge is 2.32. The average Bonchev–Trinajstić information content (AvgIpc) is 3.03. The second-order valence-corrected chi connectivity index (χ2v) is 5.89. The van der Waals surface area contributed by atoms with Crippen LogP contribution < -0.4 is 4.90 Å². The number of likely N-dealkylation sites (N-methyl/N-ethyl adjacent to an activating group) is 1. The van der Waals surface area contributed by atoms with Gasteiger partial charge in [-0.2, -0.15) is 5.26 Å². The van der Waals surface area contributed by atoms with Gasteiger partial charge in [-0.25, -0.2) is 15.0 Å². The van der Waals surface area contributed by atoms with Crippen molar-refractivity contribution in [3.05, 3.63) is 18.7 Å². The zero-order valence-electron chi connectivity index (χ0n) is 13.3. The summed E-state index contributed by atoms with van der Waals surface area (Å²) in [6.07, 6.45) is 5.86. The smallest absolute Gasteiger partial charge is 0.238 e. The number of carbonyl (C=O) groups is 1. The summed E-state index contributed by atoms with van der Waals surface area (Å²) in [5, 5.41) is 8.73. The Morgan fingerprint density at radius 1 is 1.48 bits per heavy atom. The zero-order chi connectivity index (χ0) is 16.4. The van der Waals surface area contributed by atoms with Gasteiger partial charge in [0.25, 0.3) is 0 Å². The van der Waals surface area contributed by atoms with Gasteiger partial charge in [0.15, 0.2) is 0 Å². The van der Waals surface area contributed by atoms with Crippen molar-refractivity contribution < 1.29 is 4.79 Å². The largest absolute Gasteiger partial charge is 0.340 e. The second-order valence-electron chi connectivity index (χ2n) is 5.89. The molecule has 3 rings (SSSR count). The Bertz CT molecular complexity index is 750. The summed E-state index contributed by atoms with van der Waals surface area (Å²) < 4.78 is 1.84. The molecule has 1 aliphatic heterocycles. The number of hydrogen-bond donors (Lipinski definition) is 0. The summed E-state index contributed by atoms with van der Waals surface area (Å²) in [6.45, 7) is 3.48. The van der Waals surface area contributed by atoms with Gasteiger partial charge < -0.3 is 9.80 Å². The molecule has 120 valence electrons. The molecule has 8 heteroatoms. The third-order valence-electron chi connectivity index (χ3n) is 4.50. The molecule has 2 aromatic rings. The van der Waals surface area contributed by atoms with Crippen LogP contribution in [0.5, 0.6) is 0 Å². The molecule has 2 aromatic heterocycles. The van der Waals surface area contributed by atoms with Crippen LogP contribution in [0.3, 0.4) is 0 Å². The molecule has 0 aromatic carbocycles. The Balaban J connectivity index is 1.85. The van der Waals surface area contributed by atoms with Crippen molar-refractivity contribution in [2.45, 2.75) is 25.8 Å². The first-order valence-corrected chi connectivity index (χ1v) is 7.63. The third-order valence-corrected chi connectivity index (χ3v) is 4.50. The lowest BCUT2D eigenvalue weighted by atomic mass is 9.92. The van der Waals surface area contributed by atoms with Crippen molar-refractivity contribution >= 4 is 17.6 Å². The van der Waals surface area contributed by atoms with Crippen molar-refractivity contribution in [2.24, 2.45) is 5.92 Å². The van der Waals surface area contributed by atoms with E-state index in [1.807, 2.05) is 23.7 Å². The molecular weight excluding hydrogens is 294 g/mol. The topological polar surface area (TPSA) is 90.4 Å². The molecule has 2 atom stereocenters. The van der Waals surface area contributed by atoms with Crippen LogP contribution in [0.2, 0.25) is 0 Å². The van der Waals surface area contributed by atoms with E-state index in [0.717, 1.165) is 12.4 Å². The number of anilines is 1. The maximum absolute atomic E-state index is 12.0. The highest BCUT2D eigenvalue weighted by atomic mass is 16.2. The molecule has 0 saturated carbocycles. The van der Waals surface area contributed by atoms with Gasteiger partial charge in [-0.05, 0) is 12.3 Å². The van der Waals surface area contributed by atoms with Crippen molar-refractivity contribution in [3.63, 3.8) is 0 Å². The first-order valence-electron chi connectivity index (χ1n) is 7.63. The van der Waals surface area contributed by atoms with E-state index in [4.69, 9.17) is 5.26 Å². The summed E-state index contributed by atoms with van der Waals surface area (Å²) in [5.74, 6) is 1.66. The van der Waals surface area contributed by atoms with Crippen LogP contribution in [-0.2, 0) is 4.79 Å². The predicted octanol–water partition coefficient (Wildman–Crippen LogP) is 0.711. The molecule has 1 amide bonds. The molecule has 0 radical (unpaired) electrons. The molecule has 1 fully saturated rings. The minimum absolute atomic E-state index is 0.0654. The van der Waals surface area contributed by atoms with E-state index in [-0.39, 0.29) is 18.4 Å². The minimum atomic E-state index is -0.103. The van der Waals surface area contributed by atoms with E-state index in [1.165, 1.54) is 6.33 Å². The van der Waals surface area contributed by atoms with E-state index in [0.29, 0.717) is 24.8 Å². The van der Waals surface area contributed by atoms with Gasteiger partial charge >= 0.3 is 0 Å². The number of amides is 1. The molecule has 23 heavy (non-hydrogen) atoms. The summed E-state index contributed by atoms with van der Waals surface area (Å²) in [7, 11) is 1.97. The van der Waals surface area contributed by atoms with E-state index in [1.54, 1.807) is 11.1 Å². The predicted molar refractivity (Wildman–Crippen MR) is 83.6 cm³/mol. The molecule has 0 N–H and O–H groups in total. The van der Waals surface area contributed by atoms with E-state index in [2.05, 4.69) is 26.8 Å². The van der Waals surface area contributed by atoms with Crippen LogP contribution in [0.1, 0.15) is 19.8 Å². The zero-order valence-corrected chi connectivity index (χ0v) is 13.3. The van der Waals surface area contributed by atoms with Crippen LogP contribution in [-0.4, -0.2) is 56.3 Å². The van der Waals surface area contributed by atoms with Crippen molar-refractivity contribution in [1.82, 2.24) is 24.3 Å². The Morgan fingerprint density at radius 3 is 3.09 bits per heavy atom. The summed E-state index contributed by atoms with van der Waals surface area (Å²) in [4.78, 5) is 28.6. The van der Waals surface area contributed by atoms with Crippen molar-refractivity contribution in [1.29, 1.82) is 5.26 Å². The summed E-state index contributed by atoms with van der Waals surface area (Å²) in [6, 6.07) is 2.07. The van der Waals surface area contributed by atoms with Crippen molar-refractivity contribution in [2.75, 3.05) is 25.0 Å². The van der Waals surface area contributed by atoms with E-state index < -0.39 is 0 Å². The Hall–Kier alpha value is -2.69. The number of fused-ring (bicyclic) bond motifs is 1. The molecule has 1 saturated heterocycles. The number of hydrogen-bond acceptors (Lipinski definition) is 6. The van der Waals surface area contributed by atoms with E-state index >= 15 is 0 Å². The maximum Gasteiger partial charge on any atom is 0.238 e. The van der Waals surface area contributed by atoms with Gasteiger partial charge in [-0.15, -0.1) is 0 Å². The molecular formula is C15H19N7O. The summed E-state index contributed by atoms with van der Waals surface area (Å²) in [5.41, 5.74) is 0. The number of aromatic nitrogens is 4. The van der Waals surface area contributed by atoms with Crippen molar-refractivity contribution in [3.8, 4) is 6.07 Å². The molecule has 0 bridgehead atoms. The van der Waals surface area contributed by atoms with Gasteiger partial charge in [0.05, 0.1) is 12.1 Å². The Kier molecular flexibility index (Phi) is 4.10. The lowest BCUT2D eigenvalue weighted by Crippen LogP contribution is -2.53. The first kappa shape index (κ1) is 15.2. The summed E-state index contributed by atoms with van der Waals surface area (Å²) >= 11 is 0. The lowest BCUT2D eigenvalue weighted by molar-refractivity contribution is -0.131. The molecule has 0 spiro atoms. The quantitative estimate of drug-likeness (QED) is 0.829. The fourth-order valence-corrected chi connectivity index (χ4v) is 3.11. The number of likely N-dealkylation sites (tertiary alicyclic amines) is 1. The van der Waals surface area contributed by atoms with Crippen LogP contribution in [0.25, 0.3) is 5.78 Å². The minimum Gasteiger partial charge on any atom is -0.340 e. The molecule has 0 aliphatic carbocycles.